The number of benzene rings is 1. The van der Waals surface area contributed by atoms with Crippen molar-refractivity contribution in [1.82, 2.24) is 9.88 Å². The van der Waals surface area contributed by atoms with Crippen molar-refractivity contribution in [2.45, 2.75) is 26.7 Å². The van der Waals surface area contributed by atoms with Crippen molar-refractivity contribution in [3.05, 3.63) is 59.4 Å². The fourth-order valence-corrected chi connectivity index (χ4v) is 3.32. The molecule has 7 heteroatoms. The van der Waals surface area contributed by atoms with Crippen molar-refractivity contribution in [3.63, 3.8) is 0 Å². The minimum Gasteiger partial charge on any atom is -0.462 e. The SMILES string of the molecule is CCOC(=O)c1ccc(NC(=O)c2cccc(C(=O)N3CCCC(C)C3)n2)cc1. The van der Waals surface area contributed by atoms with Gasteiger partial charge in [0, 0.05) is 18.8 Å². The van der Waals surface area contributed by atoms with Crippen LogP contribution in [-0.2, 0) is 4.74 Å². The highest BCUT2D eigenvalue weighted by atomic mass is 16.5. The van der Waals surface area contributed by atoms with Gasteiger partial charge in [0.25, 0.3) is 11.8 Å². The third-order valence-electron chi connectivity index (χ3n) is 4.80. The van der Waals surface area contributed by atoms with Crippen molar-refractivity contribution >= 4 is 23.5 Å². The van der Waals surface area contributed by atoms with Gasteiger partial charge in [-0.3, -0.25) is 9.59 Å². The van der Waals surface area contributed by atoms with Gasteiger partial charge in [-0.2, -0.15) is 0 Å². The van der Waals surface area contributed by atoms with Gasteiger partial charge in [-0.05, 0) is 62.1 Å². The molecule has 2 heterocycles. The predicted octanol–water partition coefficient (Wildman–Crippen LogP) is 3.38. The zero-order valence-corrected chi connectivity index (χ0v) is 16.7. The normalized spacial score (nSPS) is 16.2. The maximum atomic E-state index is 12.7. The summed E-state index contributed by atoms with van der Waals surface area (Å²) in [6, 6.07) is 11.3. The summed E-state index contributed by atoms with van der Waals surface area (Å²) >= 11 is 0. The molecule has 2 aromatic rings. The number of aromatic nitrogens is 1. The lowest BCUT2D eigenvalue weighted by atomic mass is 10.00. The van der Waals surface area contributed by atoms with E-state index < -0.39 is 11.9 Å². The van der Waals surface area contributed by atoms with E-state index in [2.05, 4.69) is 17.2 Å². The lowest BCUT2D eigenvalue weighted by Crippen LogP contribution is -2.39. The molecule has 7 nitrogen and oxygen atoms in total. The first kappa shape index (κ1) is 20.5. The van der Waals surface area contributed by atoms with E-state index in [-0.39, 0.29) is 17.3 Å². The first-order chi connectivity index (χ1) is 14.0. The summed E-state index contributed by atoms with van der Waals surface area (Å²) in [6.45, 7) is 5.60. The van der Waals surface area contributed by atoms with Gasteiger partial charge in [0.15, 0.2) is 0 Å². The fourth-order valence-electron chi connectivity index (χ4n) is 3.32. The minimum absolute atomic E-state index is 0.148. The Morgan fingerprint density at radius 2 is 1.86 bits per heavy atom. The van der Waals surface area contributed by atoms with Crippen LogP contribution in [0.4, 0.5) is 5.69 Å². The van der Waals surface area contributed by atoms with Crippen molar-refractivity contribution in [2.24, 2.45) is 5.92 Å². The Labute approximate surface area is 170 Å². The molecule has 0 radical (unpaired) electrons. The molecule has 1 unspecified atom stereocenters. The number of hydrogen-bond acceptors (Lipinski definition) is 5. The van der Waals surface area contributed by atoms with Gasteiger partial charge in [-0.1, -0.05) is 13.0 Å². The monoisotopic (exact) mass is 395 g/mol. The molecule has 1 saturated heterocycles. The lowest BCUT2D eigenvalue weighted by Gasteiger charge is -2.30. The van der Waals surface area contributed by atoms with E-state index in [1.807, 2.05) is 0 Å². The van der Waals surface area contributed by atoms with E-state index in [0.29, 0.717) is 36.9 Å². The summed E-state index contributed by atoms with van der Waals surface area (Å²) < 4.78 is 4.94. The summed E-state index contributed by atoms with van der Waals surface area (Å²) in [5.74, 6) is -0.511. The topological polar surface area (TPSA) is 88.6 Å². The maximum Gasteiger partial charge on any atom is 0.338 e. The second-order valence-corrected chi connectivity index (χ2v) is 7.16. The molecule has 152 valence electrons. The van der Waals surface area contributed by atoms with Gasteiger partial charge in [-0.15, -0.1) is 0 Å². The maximum absolute atomic E-state index is 12.7. The van der Waals surface area contributed by atoms with Crippen LogP contribution in [0.15, 0.2) is 42.5 Å². The Morgan fingerprint density at radius 1 is 1.14 bits per heavy atom. The van der Waals surface area contributed by atoms with Crippen molar-refractivity contribution in [2.75, 3.05) is 25.0 Å². The number of piperidine rings is 1. The Balaban J connectivity index is 1.67. The molecule has 0 saturated carbocycles. The number of nitrogens with one attached hydrogen (secondary N) is 1. The molecule has 1 aromatic carbocycles. The van der Waals surface area contributed by atoms with Gasteiger partial charge in [-0.25, -0.2) is 9.78 Å². The van der Waals surface area contributed by atoms with E-state index in [4.69, 9.17) is 4.74 Å². The van der Waals surface area contributed by atoms with Gasteiger partial charge in [0.05, 0.1) is 12.2 Å². The largest absolute Gasteiger partial charge is 0.462 e. The molecule has 2 amide bonds. The van der Waals surface area contributed by atoms with E-state index in [9.17, 15) is 14.4 Å². The van der Waals surface area contributed by atoms with Crippen LogP contribution >= 0.6 is 0 Å². The molecular formula is C22H25N3O4. The number of esters is 1. The standard InChI is InChI=1S/C22H25N3O4/c1-3-29-22(28)16-9-11-17(12-10-16)23-20(26)18-7-4-8-19(24-18)21(27)25-13-5-6-15(2)14-25/h4,7-12,15H,3,5-6,13-14H2,1-2H3,(H,23,26). The van der Waals surface area contributed by atoms with Crippen LogP contribution in [0.3, 0.4) is 0 Å². The molecule has 1 atom stereocenters. The Bertz CT molecular complexity index is 895. The molecule has 1 fully saturated rings. The number of anilines is 1. The van der Waals surface area contributed by atoms with E-state index in [0.717, 1.165) is 12.8 Å². The molecule has 1 aliphatic heterocycles. The smallest absolute Gasteiger partial charge is 0.338 e. The molecule has 0 spiro atoms. The van der Waals surface area contributed by atoms with Crippen LogP contribution < -0.4 is 5.32 Å². The molecule has 1 aliphatic rings. The lowest BCUT2D eigenvalue weighted by molar-refractivity contribution is 0.0526. The number of pyridine rings is 1. The molecule has 1 aromatic heterocycles. The van der Waals surface area contributed by atoms with Crippen molar-refractivity contribution < 1.29 is 19.1 Å². The van der Waals surface area contributed by atoms with Crippen LogP contribution in [0.25, 0.3) is 0 Å². The summed E-state index contributed by atoms with van der Waals surface area (Å²) in [4.78, 5) is 43.0. The molecular weight excluding hydrogens is 370 g/mol. The zero-order valence-electron chi connectivity index (χ0n) is 16.7. The predicted molar refractivity (Wildman–Crippen MR) is 109 cm³/mol. The van der Waals surface area contributed by atoms with Gasteiger partial charge in [0.2, 0.25) is 0 Å². The second-order valence-electron chi connectivity index (χ2n) is 7.16. The average molecular weight is 395 g/mol. The Morgan fingerprint density at radius 3 is 2.55 bits per heavy atom. The van der Waals surface area contributed by atoms with Crippen LogP contribution in [0.1, 0.15) is 58.0 Å². The molecule has 3 rings (SSSR count). The van der Waals surface area contributed by atoms with Crippen molar-refractivity contribution in [3.8, 4) is 0 Å². The van der Waals surface area contributed by atoms with E-state index in [1.165, 1.54) is 0 Å². The molecule has 0 bridgehead atoms. The summed E-state index contributed by atoms with van der Waals surface area (Å²) in [5.41, 5.74) is 1.36. The zero-order chi connectivity index (χ0) is 20.8. The number of ether oxygens (including phenoxy) is 1. The highest BCUT2D eigenvalue weighted by Crippen LogP contribution is 2.18. The third kappa shape index (κ3) is 5.19. The van der Waals surface area contributed by atoms with Gasteiger partial charge < -0.3 is 15.0 Å². The van der Waals surface area contributed by atoms with Gasteiger partial charge >= 0.3 is 5.97 Å². The molecule has 1 N–H and O–H groups in total. The number of nitrogens with zero attached hydrogens (tertiary/aromatic N) is 2. The van der Waals surface area contributed by atoms with Crippen LogP contribution in [0.5, 0.6) is 0 Å². The van der Waals surface area contributed by atoms with Crippen LogP contribution in [-0.4, -0.2) is 47.4 Å². The molecule has 29 heavy (non-hydrogen) atoms. The van der Waals surface area contributed by atoms with Gasteiger partial charge in [0.1, 0.15) is 11.4 Å². The second kappa shape index (κ2) is 9.32. The third-order valence-corrected chi connectivity index (χ3v) is 4.80. The number of carbonyl (C=O) groups is 3. The fraction of sp³-hybridized carbons (Fsp3) is 0.364. The number of likely N-dealkylation sites (tertiary alicyclic amines) is 1. The summed E-state index contributed by atoms with van der Waals surface area (Å²) in [7, 11) is 0. The van der Waals surface area contributed by atoms with Crippen LogP contribution in [0, 0.1) is 5.92 Å². The summed E-state index contributed by atoms with van der Waals surface area (Å²) in [5, 5.41) is 2.73. The molecule has 0 aliphatic carbocycles. The number of rotatable bonds is 5. The Kier molecular flexibility index (Phi) is 6.59. The number of carbonyl (C=O) groups excluding carboxylic acids is 3. The van der Waals surface area contributed by atoms with Crippen molar-refractivity contribution in [1.29, 1.82) is 0 Å². The quantitative estimate of drug-likeness (QED) is 0.784. The highest BCUT2D eigenvalue weighted by molar-refractivity contribution is 6.04. The van der Waals surface area contributed by atoms with E-state index in [1.54, 1.807) is 54.3 Å². The Hall–Kier alpha value is -3.22. The summed E-state index contributed by atoms with van der Waals surface area (Å²) in [6.07, 6.45) is 2.10. The first-order valence-electron chi connectivity index (χ1n) is 9.82. The number of hydrogen-bond donors (Lipinski definition) is 1. The van der Waals surface area contributed by atoms with Crippen LogP contribution in [0.2, 0.25) is 0 Å². The highest BCUT2D eigenvalue weighted by Gasteiger charge is 2.23. The minimum atomic E-state index is -0.421. The number of amides is 2. The first-order valence-corrected chi connectivity index (χ1v) is 9.82. The van der Waals surface area contributed by atoms with E-state index >= 15 is 0 Å². The average Bonchev–Trinajstić information content (AvgIpc) is 2.74.